The molecule has 0 radical (unpaired) electrons. The molecule has 0 aliphatic carbocycles. The molecule has 0 bridgehead atoms. The van der Waals surface area contributed by atoms with Crippen LogP contribution < -0.4 is 0 Å². The van der Waals surface area contributed by atoms with Crippen molar-refractivity contribution in [3.63, 3.8) is 0 Å². The van der Waals surface area contributed by atoms with E-state index in [9.17, 15) is 16.8 Å². The summed E-state index contributed by atoms with van der Waals surface area (Å²) in [5, 5.41) is -1.41. The molecule has 0 atom stereocenters. The lowest BCUT2D eigenvalue weighted by Crippen LogP contribution is -2.31. The van der Waals surface area contributed by atoms with Crippen LogP contribution in [0.4, 0.5) is 0 Å². The van der Waals surface area contributed by atoms with Crippen molar-refractivity contribution in [2.45, 2.75) is 33.8 Å². The Balaban J connectivity index is 4.82. The van der Waals surface area contributed by atoms with E-state index in [1.807, 2.05) is 0 Å². The average Bonchev–Trinajstić information content (AvgIpc) is 1.94. The second kappa shape index (κ2) is 5.44. The second-order valence-corrected chi connectivity index (χ2v) is 7.72. The van der Waals surface area contributed by atoms with Crippen LogP contribution in [-0.2, 0) is 24.4 Å². The molecule has 0 saturated heterocycles. The first-order chi connectivity index (χ1) is 6.94. The highest BCUT2D eigenvalue weighted by Crippen LogP contribution is 2.19. The van der Waals surface area contributed by atoms with Crippen LogP contribution in [0.15, 0.2) is 0 Å². The highest BCUT2D eigenvalue weighted by molar-refractivity contribution is 8.03. The van der Waals surface area contributed by atoms with Gasteiger partial charge < -0.3 is 0 Å². The molecule has 0 aliphatic rings. The number of rotatable bonds is 6. The molecule has 6 nitrogen and oxygen atoms in total. The van der Waals surface area contributed by atoms with Crippen LogP contribution in [0.3, 0.4) is 0 Å². The van der Waals surface area contributed by atoms with E-state index in [-0.39, 0.29) is 11.8 Å². The Morgan fingerprint density at radius 3 is 1.62 bits per heavy atom. The summed E-state index contributed by atoms with van der Waals surface area (Å²) in [6.45, 7) is 7.09. The fourth-order valence-electron chi connectivity index (χ4n) is 1.37. The van der Waals surface area contributed by atoms with E-state index >= 15 is 0 Å². The van der Waals surface area contributed by atoms with Crippen LogP contribution in [0.2, 0.25) is 0 Å². The van der Waals surface area contributed by atoms with Gasteiger partial charge in [-0.05, 0) is 11.8 Å². The van der Waals surface area contributed by atoms with E-state index in [1.165, 1.54) is 0 Å². The summed E-state index contributed by atoms with van der Waals surface area (Å²) in [6.07, 6.45) is -0.605. The van der Waals surface area contributed by atoms with Gasteiger partial charge in [-0.1, -0.05) is 27.7 Å². The molecule has 0 aromatic heterocycles. The molecular weight excluding hydrogens is 256 g/mol. The van der Waals surface area contributed by atoms with Crippen molar-refractivity contribution in [2.75, 3.05) is 5.08 Å². The molecule has 0 spiro atoms. The summed E-state index contributed by atoms with van der Waals surface area (Å²) < 4.78 is 56.8. The minimum atomic E-state index is -4.59. The Morgan fingerprint density at radius 1 is 1.00 bits per heavy atom. The Labute approximate surface area is 96.9 Å². The first-order valence-electron chi connectivity index (χ1n) is 4.81. The molecule has 0 fully saturated rings. The van der Waals surface area contributed by atoms with E-state index in [2.05, 4.69) is 0 Å². The van der Waals surface area contributed by atoms with Gasteiger partial charge in [-0.15, -0.1) is 0 Å². The summed E-state index contributed by atoms with van der Waals surface area (Å²) in [7, 11) is -8.86. The summed E-state index contributed by atoms with van der Waals surface area (Å²) >= 11 is 0. The third-order valence-corrected chi connectivity index (χ3v) is 4.73. The maximum absolute atomic E-state index is 11.3. The zero-order valence-electron chi connectivity index (χ0n) is 9.74. The lowest BCUT2D eigenvalue weighted by Gasteiger charge is -2.23. The molecule has 0 unspecified atom stereocenters. The highest BCUT2D eigenvalue weighted by atomic mass is 32.3. The topological polar surface area (TPSA) is 97.7 Å². The monoisotopic (exact) mass is 274 g/mol. The van der Waals surface area contributed by atoms with Gasteiger partial charge in [-0.25, -0.2) is 0 Å². The molecule has 0 saturated carbocycles. The molecule has 0 amide bonds. The van der Waals surface area contributed by atoms with Gasteiger partial charge >= 0.3 is 0 Å². The Morgan fingerprint density at radius 2 is 1.38 bits per heavy atom. The average molecular weight is 274 g/mol. The van der Waals surface area contributed by atoms with Crippen molar-refractivity contribution >= 4 is 20.2 Å². The summed E-state index contributed by atoms with van der Waals surface area (Å²) in [4.78, 5) is 0. The summed E-state index contributed by atoms with van der Waals surface area (Å²) in [5.41, 5.74) is 0. The van der Waals surface area contributed by atoms with E-state index in [0.717, 1.165) is 0 Å². The maximum Gasteiger partial charge on any atom is 0.284 e. The smallest absolute Gasteiger partial charge is 0.284 e. The Bertz CT molecular complexity index is 398. The normalized spacial score (nSPS) is 14.0. The van der Waals surface area contributed by atoms with Crippen molar-refractivity contribution < 1.29 is 25.6 Å². The van der Waals surface area contributed by atoms with Crippen molar-refractivity contribution in [1.29, 1.82) is 0 Å². The minimum absolute atomic E-state index is 0.0730. The molecule has 0 rings (SSSR count). The first kappa shape index (κ1) is 15.8. The van der Waals surface area contributed by atoms with Crippen LogP contribution in [0.25, 0.3) is 0 Å². The standard InChI is InChI=1S/C8H18O6S2/c1-6(2)8(7(3)4)14-16(12,13)5-15(9,10)11/h6-8H,5H2,1-4H3,(H,9,10,11). The fraction of sp³-hybridized carbons (Fsp3) is 1.00. The van der Waals surface area contributed by atoms with E-state index in [0.29, 0.717) is 0 Å². The number of hydrogen-bond acceptors (Lipinski definition) is 5. The van der Waals surface area contributed by atoms with Gasteiger partial charge in [0.1, 0.15) is 0 Å². The summed E-state index contributed by atoms with van der Waals surface area (Å²) in [6, 6.07) is 0. The van der Waals surface area contributed by atoms with Gasteiger partial charge in [0, 0.05) is 0 Å². The minimum Gasteiger partial charge on any atom is -0.285 e. The lowest BCUT2D eigenvalue weighted by molar-refractivity contribution is 0.113. The van der Waals surface area contributed by atoms with Crippen LogP contribution in [0.5, 0.6) is 0 Å². The predicted octanol–water partition coefficient (Wildman–Crippen LogP) is 0.859. The van der Waals surface area contributed by atoms with Crippen molar-refractivity contribution in [1.82, 2.24) is 0 Å². The van der Waals surface area contributed by atoms with E-state index in [4.69, 9.17) is 8.74 Å². The van der Waals surface area contributed by atoms with Crippen molar-refractivity contribution in [3.8, 4) is 0 Å². The molecule has 98 valence electrons. The van der Waals surface area contributed by atoms with Crippen LogP contribution in [-0.4, -0.2) is 32.6 Å². The van der Waals surface area contributed by atoms with Gasteiger partial charge in [-0.2, -0.15) is 16.8 Å². The van der Waals surface area contributed by atoms with E-state index in [1.54, 1.807) is 27.7 Å². The molecule has 16 heavy (non-hydrogen) atoms. The molecule has 8 heteroatoms. The second-order valence-electron chi connectivity index (χ2n) is 4.31. The predicted molar refractivity (Wildman–Crippen MR) is 59.9 cm³/mol. The number of hydrogen-bond donors (Lipinski definition) is 1. The van der Waals surface area contributed by atoms with Gasteiger partial charge in [0.05, 0.1) is 6.10 Å². The first-order valence-corrected chi connectivity index (χ1v) is 7.99. The van der Waals surface area contributed by atoms with Gasteiger partial charge in [0.15, 0.2) is 0 Å². The fourth-order valence-corrected chi connectivity index (χ4v) is 3.84. The molecule has 1 N–H and O–H groups in total. The molecular formula is C8H18O6S2. The van der Waals surface area contributed by atoms with Gasteiger partial charge in [-0.3, -0.25) is 8.74 Å². The Hall–Kier alpha value is -0.180. The van der Waals surface area contributed by atoms with Gasteiger partial charge in [0.25, 0.3) is 20.2 Å². The molecule has 0 heterocycles. The quantitative estimate of drug-likeness (QED) is 0.570. The third-order valence-electron chi connectivity index (χ3n) is 1.87. The van der Waals surface area contributed by atoms with Crippen molar-refractivity contribution in [2.24, 2.45) is 11.8 Å². The molecule has 0 aromatic carbocycles. The van der Waals surface area contributed by atoms with Crippen LogP contribution >= 0.6 is 0 Å². The largest absolute Gasteiger partial charge is 0.285 e. The Kier molecular flexibility index (Phi) is 5.37. The van der Waals surface area contributed by atoms with Gasteiger partial charge in [0.2, 0.25) is 5.08 Å². The highest BCUT2D eigenvalue weighted by Gasteiger charge is 2.28. The maximum atomic E-state index is 11.3. The van der Waals surface area contributed by atoms with Crippen molar-refractivity contribution in [3.05, 3.63) is 0 Å². The summed E-state index contributed by atoms with van der Waals surface area (Å²) in [5.74, 6) is -0.146. The van der Waals surface area contributed by atoms with Crippen LogP contribution in [0.1, 0.15) is 27.7 Å². The van der Waals surface area contributed by atoms with E-state index < -0.39 is 31.4 Å². The molecule has 0 aromatic rings. The zero-order valence-corrected chi connectivity index (χ0v) is 11.4. The zero-order chi connectivity index (χ0) is 13.1. The third kappa shape index (κ3) is 6.41. The SMILES string of the molecule is CC(C)C(OS(=O)(=O)CS(=O)(=O)O)C(C)C. The lowest BCUT2D eigenvalue weighted by atomic mass is 9.97. The van der Waals surface area contributed by atoms with Crippen LogP contribution in [0, 0.1) is 11.8 Å². The molecule has 0 aliphatic heterocycles.